The number of fused-ring (bicyclic) bond motifs is 1. The smallest absolute Gasteiger partial charge is 0.123 e. The maximum atomic E-state index is 5.67. The van der Waals surface area contributed by atoms with E-state index in [1.165, 1.54) is 16.3 Å². The van der Waals surface area contributed by atoms with Crippen LogP contribution in [0.5, 0.6) is 5.75 Å². The van der Waals surface area contributed by atoms with Gasteiger partial charge in [-0.3, -0.25) is 0 Å². The summed E-state index contributed by atoms with van der Waals surface area (Å²) in [6.45, 7) is 4.88. The Kier molecular flexibility index (Phi) is 3.78. The minimum Gasteiger partial charge on any atom is -0.492 e. The molecule has 2 N–H and O–H groups in total. The molecule has 0 unspecified atom stereocenters. The number of benzene rings is 2. The lowest BCUT2D eigenvalue weighted by atomic mass is 10.0. The molecule has 0 aromatic heterocycles. The molecule has 0 aliphatic heterocycles. The SMILES string of the molecule is C=CCc1c(OCCN)ccc2ccccc12. The van der Waals surface area contributed by atoms with Crippen LogP contribution < -0.4 is 10.5 Å². The number of ether oxygens (including phenoxy) is 1. The predicted molar refractivity (Wildman–Crippen MR) is 72.4 cm³/mol. The number of hydrogen-bond acceptors (Lipinski definition) is 2. The van der Waals surface area contributed by atoms with E-state index < -0.39 is 0 Å². The second-order valence-electron chi connectivity index (χ2n) is 3.89. The van der Waals surface area contributed by atoms with Crippen LogP contribution in [0.2, 0.25) is 0 Å². The van der Waals surface area contributed by atoms with Crippen LogP contribution >= 0.6 is 0 Å². The zero-order chi connectivity index (χ0) is 12.1. The molecule has 2 aromatic rings. The Morgan fingerprint density at radius 2 is 2.00 bits per heavy atom. The topological polar surface area (TPSA) is 35.2 Å². The van der Waals surface area contributed by atoms with Gasteiger partial charge in [-0.15, -0.1) is 6.58 Å². The Hall–Kier alpha value is -1.80. The molecule has 0 aliphatic carbocycles. The molecule has 0 amide bonds. The van der Waals surface area contributed by atoms with Crippen molar-refractivity contribution in [1.29, 1.82) is 0 Å². The van der Waals surface area contributed by atoms with Gasteiger partial charge in [0.25, 0.3) is 0 Å². The summed E-state index contributed by atoms with van der Waals surface area (Å²) < 4.78 is 5.67. The van der Waals surface area contributed by atoms with E-state index in [0.717, 1.165) is 12.2 Å². The molecule has 0 atom stereocenters. The van der Waals surface area contributed by atoms with Gasteiger partial charge in [0.05, 0.1) is 0 Å². The normalized spacial score (nSPS) is 10.4. The molecule has 88 valence electrons. The first-order valence-electron chi connectivity index (χ1n) is 5.81. The first-order chi connectivity index (χ1) is 8.36. The molecule has 2 aromatic carbocycles. The van der Waals surface area contributed by atoms with Crippen LogP contribution in [0.15, 0.2) is 49.1 Å². The summed E-state index contributed by atoms with van der Waals surface area (Å²) in [6.07, 6.45) is 2.71. The Balaban J connectivity index is 2.51. The van der Waals surface area contributed by atoms with Crippen LogP contribution in [-0.4, -0.2) is 13.2 Å². The van der Waals surface area contributed by atoms with E-state index in [0.29, 0.717) is 13.2 Å². The zero-order valence-corrected chi connectivity index (χ0v) is 9.86. The summed E-state index contributed by atoms with van der Waals surface area (Å²) in [7, 11) is 0. The van der Waals surface area contributed by atoms with Crippen molar-refractivity contribution in [1.82, 2.24) is 0 Å². The van der Waals surface area contributed by atoms with Gasteiger partial charge in [0.15, 0.2) is 0 Å². The lowest BCUT2D eigenvalue weighted by molar-refractivity contribution is 0.326. The van der Waals surface area contributed by atoms with Crippen LogP contribution in [0.25, 0.3) is 10.8 Å². The largest absolute Gasteiger partial charge is 0.492 e. The van der Waals surface area contributed by atoms with Gasteiger partial charge in [0, 0.05) is 12.1 Å². The first kappa shape index (κ1) is 11.7. The number of allylic oxidation sites excluding steroid dienone is 1. The van der Waals surface area contributed by atoms with E-state index in [4.69, 9.17) is 10.5 Å². The predicted octanol–water partition coefficient (Wildman–Crippen LogP) is 2.91. The number of nitrogens with two attached hydrogens (primary N) is 1. The second kappa shape index (κ2) is 5.51. The average molecular weight is 227 g/mol. The highest BCUT2D eigenvalue weighted by atomic mass is 16.5. The second-order valence-corrected chi connectivity index (χ2v) is 3.89. The van der Waals surface area contributed by atoms with Crippen molar-refractivity contribution in [3.05, 3.63) is 54.6 Å². The minimum absolute atomic E-state index is 0.528. The van der Waals surface area contributed by atoms with Gasteiger partial charge in [-0.05, 0) is 23.3 Å². The maximum Gasteiger partial charge on any atom is 0.123 e. The third-order valence-electron chi connectivity index (χ3n) is 2.72. The molecule has 2 heteroatoms. The van der Waals surface area contributed by atoms with Crippen molar-refractivity contribution in [3.8, 4) is 5.75 Å². The monoisotopic (exact) mass is 227 g/mol. The van der Waals surface area contributed by atoms with Gasteiger partial charge < -0.3 is 10.5 Å². The molecule has 0 saturated carbocycles. The van der Waals surface area contributed by atoms with Crippen molar-refractivity contribution in [2.24, 2.45) is 5.73 Å². The molecular formula is C15H17NO. The van der Waals surface area contributed by atoms with Gasteiger partial charge in [-0.25, -0.2) is 0 Å². The molecule has 17 heavy (non-hydrogen) atoms. The van der Waals surface area contributed by atoms with Crippen LogP contribution in [-0.2, 0) is 6.42 Å². The molecule has 0 radical (unpaired) electrons. The molecule has 0 heterocycles. The van der Waals surface area contributed by atoms with Crippen molar-refractivity contribution in [2.75, 3.05) is 13.2 Å². The van der Waals surface area contributed by atoms with Crippen molar-refractivity contribution >= 4 is 10.8 Å². The van der Waals surface area contributed by atoms with Crippen molar-refractivity contribution in [2.45, 2.75) is 6.42 Å². The highest BCUT2D eigenvalue weighted by Crippen LogP contribution is 2.28. The van der Waals surface area contributed by atoms with Gasteiger partial charge >= 0.3 is 0 Å². The van der Waals surface area contributed by atoms with E-state index in [1.54, 1.807) is 0 Å². The molecule has 2 nitrogen and oxygen atoms in total. The lowest BCUT2D eigenvalue weighted by Crippen LogP contribution is -2.11. The Labute approximate surface area is 102 Å². The lowest BCUT2D eigenvalue weighted by Gasteiger charge is -2.12. The first-order valence-corrected chi connectivity index (χ1v) is 5.81. The van der Waals surface area contributed by atoms with Crippen molar-refractivity contribution < 1.29 is 4.74 Å². The maximum absolute atomic E-state index is 5.67. The highest BCUT2D eigenvalue weighted by Gasteiger charge is 2.06. The van der Waals surface area contributed by atoms with Crippen molar-refractivity contribution in [3.63, 3.8) is 0 Å². The summed E-state index contributed by atoms with van der Waals surface area (Å²) in [5, 5.41) is 2.45. The molecule has 2 rings (SSSR count). The molecule has 0 aliphatic rings. The number of hydrogen-bond donors (Lipinski definition) is 1. The highest BCUT2D eigenvalue weighted by molar-refractivity contribution is 5.87. The van der Waals surface area contributed by atoms with E-state index >= 15 is 0 Å². The molecular weight excluding hydrogens is 210 g/mol. The minimum atomic E-state index is 0.528. The summed E-state index contributed by atoms with van der Waals surface area (Å²) in [5.41, 5.74) is 6.65. The standard InChI is InChI=1S/C15H17NO/c1-2-5-14-13-7-4-3-6-12(13)8-9-15(14)17-11-10-16/h2-4,6-9H,1,5,10-11,16H2. The third-order valence-corrected chi connectivity index (χ3v) is 2.72. The molecule has 0 saturated heterocycles. The van der Waals surface area contributed by atoms with E-state index in [1.807, 2.05) is 24.3 Å². The summed E-state index contributed by atoms with van der Waals surface area (Å²) in [6, 6.07) is 12.4. The van der Waals surface area contributed by atoms with Crippen LogP contribution in [0.1, 0.15) is 5.56 Å². The van der Waals surface area contributed by atoms with Gasteiger partial charge in [0.1, 0.15) is 12.4 Å². The summed E-state index contributed by atoms with van der Waals surface area (Å²) in [5.74, 6) is 0.911. The fourth-order valence-corrected chi connectivity index (χ4v) is 1.97. The van der Waals surface area contributed by atoms with E-state index in [2.05, 4.69) is 24.8 Å². The fraction of sp³-hybridized carbons (Fsp3) is 0.200. The quantitative estimate of drug-likeness (QED) is 0.797. The van der Waals surface area contributed by atoms with Crippen LogP contribution in [0, 0.1) is 0 Å². The zero-order valence-electron chi connectivity index (χ0n) is 9.86. The third kappa shape index (κ3) is 2.48. The van der Waals surface area contributed by atoms with E-state index in [-0.39, 0.29) is 0 Å². The Bertz CT molecular complexity index is 519. The summed E-state index contributed by atoms with van der Waals surface area (Å²) >= 11 is 0. The van der Waals surface area contributed by atoms with Gasteiger partial charge in [0.2, 0.25) is 0 Å². The number of rotatable bonds is 5. The average Bonchev–Trinajstić information content (AvgIpc) is 2.38. The van der Waals surface area contributed by atoms with Crippen LogP contribution in [0.4, 0.5) is 0 Å². The van der Waals surface area contributed by atoms with Gasteiger partial charge in [-0.1, -0.05) is 36.4 Å². The Morgan fingerprint density at radius 3 is 2.76 bits per heavy atom. The molecule has 0 spiro atoms. The van der Waals surface area contributed by atoms with Gasteiger partial charge in [-0.2, -0.15) is 0 Å². The Morgan fingerprint density at radius 1 is 1.18 bits per heavy atom. The summed E-state index contributed by atoms with van der Waals surface area (Å²) in [4.78, 5) is 0. The fourth-order valence-electron chi connectivity index (χ4n) is 1.97. The van der Waals surface area contributed by atoms with Crippen LogP contribution in [0.3, 0.4) is 0 Å². The van der Waals surface area contributed by atoms with E-state index in [9.17, 15) is 0 Å². The molecule has 0 bridgehead atoms. The molecule has 0 fully saturated rings.